The van der Waals surface area contributed by atoms with Crippen LogP contribution in [-0.4, -0.2) is 11.9 Å². The van der Waals surface area contributed by atoms with Crippen LogP contribution in [0.2, 0.25) is 0 Å². The van der Waals surface area contributed by atoms with E-state index in [1.807, 2.05) is 12.1 Å². The molecule has 1 aliphatic heterocycles. The topological polar surface area (TPSA) is 52.6 Å². The van der Waals surface area contributed by atoms with Crippen molar-refractivity contribution in [2.45, 2.75) is 19.6 Å². The highest BCUT2D eigenvalue weighted by Gasteiger charge is 2.55. The Morgan fingerprint density at radius 3 is 1.41 bits per heavy atom. The normalized spacial score (nSPS) is 19.2. The number of carbonyl (C=O) groups excluding carboxylic acids is 2. The van der Waals surface area contributed by atoms with E-state index in [2.05, 4.69) is 0 Å². The van der Waals surface area contributed by atoms with Crippen molar-refractivity contribution in [3.8, 4) is 0 Å². The first-order chi connectivity index (χ1) is 10.5. The van der Waals surface area contributed by atoms with Gasteiger partial charge in [0, 0.05) is 11.1 Å². The average molecular weight is 296 g/mol. The Labute approximate surface area is 128 Å². The molecule has 0 radical (unpaired) electrons. The van der Waals surface area contributed by atoms with Crippen LogP contribution in [0.15, 0.2) is 60.7 Å². The van der Waals surface area contributed by atoms with E-state index >= 15 is 0 Å². The molecule has 2 aromatic carbocycles. The molecule has 1 heterocycles. The Balaban J connectivity index is 2.18. The third-order valence-electron chi connectivity index (χ3n) is 3.80. The first-order valence-electron chi connectivity index (χ1n) is 7.05. The zero-order chi connectivity index (χ0) is 15.8. The zero-order valence-electron chi connectivity index (χ0n) is 12.4. The van der Waals surface area contributed by atoms with Crippen molar-refractivity contribution in [3.05, 3.63) is 71.8 Å². The number of hydrogen-bond donors (Lipinski definition) is 0. The molecule has 0 saturated carbocycles. The molecule has 1 fully saturated rings. The fraction of sp³-hybridized carbons (Fsp3) is 0.222. The van der Waals surface area contributed by atoms with Crippen molar-refractivity contribution in [1.82, 2.24) is 0 Å². The summed E-state index contributed by atoms with van der Waals surface area (Å²) in [4.78, 5) is 24.7. The van der Waals surface area contributed by atoms with E-state index < -0.39 is 23.1 Å². The zero-order valence-corrected chi connectivity index (χ0v) is 12.4. The maximum Gasteiger partial charge on any atom is 0.326 e. The Bertz CT molecular complexity index is 643. The molecule has 0 spiro atoms. The summed E-state index contributed by atoms with van der Waals surface area (Å²) in [5, 5.41) is 0. The minimum atomic E-state index is -1.54. The van der Waals surface area contributed by atoms with Gasteiger partial charge < -0.3 is 9.47 Å². The van der Waals surface area contributed by atoms with E-state index in [0.717, 1.165) is 0 Å². The standard InChI is InChI=1S/C18H16O4/c1-17(2)15(19)21-18(22-16(17)20,13-9-5-3-6-10-13)14-11-7-4-8-12-14/h3-12H,1-2H3. The highest BCUT2D eigenvalue weighted by atomic mass is 16.7. The predicted octanol–water partition coefficient (Wildman–Crippen LogP) is 3.01. The van der Waals surface area contributed by atoms with Crippen LogP contribution < -0.4 is 0 Å². The summed E-state index contributed by atoms with van der Waals surface area (Å²) in [5.74, 6) is -2.74. The summed E-state index contributed by atoms with van der Waals surface area (Å²) in [6, 6.07) is 18.0. The van der Waals surface area contributed by atoms with Crippen molar-refractivity contribution in [3.63, 3.8) is 0 Å². The lowest BCUT2D eigenvalue weighted by atomic mass is 9.89. The second-order valence-corrected chi connectivity index (χ2v) is 5.75. The molecular weight excluding hydrogens is 280 g/mol. The van der Waals surface area contributed by atoms with Crippen molar-refractivity contribution in [1.29, 1.82) is 0 Å². The largest absolute Gasteiger partial charge is 0.413 e. The van der Waals surface area contributed by atoms with Gasteiger partial charge in [-0.25, -0.2) is 0 Å². The predicted molar refractivity (Wildman–Crippen MR) is 79.6 cm³/mol. The average Bonchev–Trinajstić information content (AvgIpc) is 2.54. The van der Waals surface area contributed by atoms with Crippen LogP contribution in [0.4, 0.5) is 0 Å². The molecule has 0 amide bonds. The lowest BCUT2D eigenvalue weighted by Gasteiger charge is -2.41. The Hall–Kier alpha value is -2.62. The SMILES string of the molecule is CC1(C)C(=O)OC(c2ccccc2)(c2ccccc2)OC1=O. The third kappa shape index (κ3) is 2.08. The fourth-order valence-electron chi connectivity index (χ4n) is 2.34. The molecule has 22 heavy (non-hydrogen) atoms. The lowest BCUT2D eigenvalue weighted by molar-refractivity contribution is -0.251. The molecule has 1 aliphatic rings. The number of esters is 2. The molecule has 112 valence electrons. The monoisotopic (exact) mass is 296 g/mol. The summed E-state index contributed by atoms with van der Waals surface area (Å²) in [6.07, 6.45) is 0. The molecule has 4 nitrogen and oxygen atoms in total. The van der Waals surface area contributed by atoms with Crippen molar-refractivity contribution in [2.75, 3.05) is 0 Å². The van der Waals surface area contributed by atoms with E-state index in [0.29, 0.717) is 11.1 Å². The number of hydrogen-bond acceptors (Lipinski definition) is 4. The van der Waals surface area contributed by atoms with Crippen molar-refractivity contribution < 1.29 is 19.1 Å². The van der Waals surface area contributed by atoms with Gasteiger partial charge in [0.1, 0.15) is 0 Å². The highest BCUT2D eigenvalue weighted by Crippen LogP contribution is 2.42. The Kier molecular flexibility index (Phi) is 3.24. The van der Waals surface area contributed by atoms with E-state index in [9.17, 15) is 9.59 Å². The molecule has 0 atom stereocenters. The molecule has 3 rings (SSSR count). The molecule has 1 saturated heterocycles. The summed E-state index contributed by atoms with van der Waals surface area (Å²) in [6.45, 7) is 3.00. The molecular formula is C18H16O4. The van der Waals surface area contributed by atoms with Crippen LogP contribution in [0, 0.1) is 5.41 Å². The smallest absolute Gasteiger partial charge is 0.326 e. The maximum absolute atomic E-state index is 12.4. The van der Waals surface area contributed by atoms with Crippen LogP contribution >= 0.6 is 0 Å². The van der Waals surface area contributed by atoms with Gasteiger partial charge in [0.05, 0.1) is 0 Å². The van der Waals surface area contributed by atoms with Gasteiger partial charge in [0.15, 0.2) is 5.41 Å². The van der Waals surface area contributed by atoms with Crippen LogP contribution in [0.3, 0.4) is 0 Å². The fourth-order valence-corrected chi connectivity index (χ4v) is 2.34. The van der Waals surface area contributed by atoms with E-state index in [-0.39, 0.29) is 0 Å². The van der Waals surface area contributed by atoms with E-state index in [1.165, 1.54) is 13.8 Å². The summed E-state index contributed by atoms with van der Waals surface area (Å²) in [7, 11) is 0. The van der Waals surface area contributed by atoms with Crippen molar-refractivity contribution in [2.24, 2.45) is 5.41 Å². The number of rotatable bonds is 2. The lowest BCUT2D eigenvalue weighted by Crippen LogP contribution is -2.52. The van der Waals surface area contributed by atoms with E-state index in [1.54, 1.807) is 48.5 Å². The Morgan fingerprint density at radius 2 is 1.05 bits per heavy atom. The van der Waals surface area contributed by atoms with Gasteiger partial charge in [0.2, 0.25) is 0 Å². The number of benzene rings is 2. The number of carbonyl (C=O) groups is 2. The minimum Gasteiger partial charge on any atom is -0.413 e. The third-order valence-corrected chi connectivity index (χ3v) is 3.80. The van der Waals surface area contributed by atoms with Crippen LogP contribution in [0.1, 0.15) is 25.0 Å². The second-order valence-electron chi connectivity index (χ2n) is 5.75. The van der Waals surface area contributed by atoms with Gasteiger partial charge in [-0.15, -0.1) is 0 Å². The quantitative estimate of drug-likeness (QED) is 0.631. The Morgan fingerprint density at radius 1 is 0.682 bits per heavy atom. The second kappa shape index (κ2) is 4.98. The van der Waals surface area contributed by atoms with Gasteiger partial charge in [0.25, 0.3) is 0 Å². The molecule has 0 aromatic heterocycles. The van der Waals surface area contributed by atoms with Gasteiger partial charge in [-0.05, 0) is 13.8 Å². The highest BCUT2D eigenvalue weighted by molar-refractivity contribution is 6.01. The first kappa shape index (κ1) is 14.3. The first-order valence-corrected chi connectivity index (χ1v) is 7.05. The molecule has 4 heteroatoms. The summed E-state index contributed by atoms with van der Waals surface area (Å²) >= 11 is 0. The summed E-state index contributed by atoms with van der Waals surface area (Å²) in [5.41, 5.74) is -0.121. The maximum atomic E-state index is 12.4. The van der Waals surface area contributed by atoms with Gasteiger partial charge >= 0.3 is 17.7 Å². The molecule has 2 aromatic rings. The van der Waals surface area contributed by atoms with E-state index in [4.69, 9.17) is 9.47 Å². The van der Waals surface area contributed by atoms with Gasteiger partial charge in [-0.3, -0.25) is 9.59 Å². The van der Waals surface area contributed by atoms with Crippen molar-refractivity contribution >= 4 is 11.9 Å². The summed E-state index contributed by atoms with van der Waals surface area (Å²) < 4.78 is 11.3. The van der Waals surface area contributed by atoms with Crippen LogP contribution in [-0.2, 0) is 24.8 Å². The number of ether oxygens (including phenoxy) is 2. The minimum absolute atomic E-state index is 0.596. The van der Waals surface area contributed by atoms with Gasteiger partial charge in [-0.2, -0.15) is 0 Å². The molecule has 0 aliphatic carbocycles. The molecule has 0 bridgehead atoms. The number of cyclic esters (lactones) is 2. The van der Waals surface area contributed by atoms with Crippen LogP contribution in [0.5, 0.6) is 0 Å². The molecule has 0 unspecified atom stereocenters. The van der Waals surface area contributed by atoms with Crippen LogP contribution in [0.25, 0.3) is 0 Å². The molecule has 0 N–H and O–H groups in total. The van der Waals surface area contributed by atoms with Gasteiger partial charge in [-0.1, -0.05) is 60.7 Å².